The van der Waals surface area contributed by atoms with Crippen molar-refractivity contribution in [1.82, 2.24) is 15.0 Å². The summed E-state index contributed by atoms with van der Waals surface area (Å²) in [4.78, 5) is 13.1. The Morgan fingerprint density at radius 2 is 1.95 bits per heavy atom. The van der Waals surface area contributed by atoms with E-state index in [1.807, 2.05) is 12.1 Å². The number of anilines is 1. The molecule has 0 bridgehead atoms. The van der Waals surface area contributed by atoms with Gasteiger partial charge in [-0.25, -0.2) is 0 Å². The van der Waals surface area contributed by atoms with Gasteiger partial charge in [-0.15, -0.1) is 0 Å². The molecule has 0 aliphatic carbocycles. The van der Waals surface area contributed by atoms with Gasteiger partial charge in [0.05, 0.1) is 24.2 Å². The third-order valence-electron chi connectivity index (χ3n) is 2.59. The highest BCUT2D eigenvalue weighted by Gasteiger charge is 2.05. The fourth-order valence-corrected chi connectivity index (χ4v) is 1.59. The minimum absolute atomic E-state index is 0.106. The number of aromatic nitrogens is 3. The maximum absolute atomic E-state index is 11.6. The van der Waals surface area contributed by atoms with Crippen LogP contribution in [-0.4, -0.2) is 32.1 Å². The molecule has 1 atom stereocenters. The largest absolute Gasteiger partial charge is 0.393 e. The zero-order valence-electron chi connectivity index (χ0n) is 10.7. The van der Waals surface area contributed by atoms with E-state index in [0.29, 0.717) is 18.5 Å². The Morgan fingerprint density at radius 1 is 1.32 bits per heavy atom. The Morgan fingerprint density at radius 3 is 2.53 bits per heavy atom. The van der Waals surface area contributed by atoms with Crippen LogP contribution in [0.25, 0.3) is 5.69 Å². The summed E-state index contributed by atoms with van der Waals surface area (Å²) in [5.41, 5.74) is 1.54. The van der Waals surface area contributed by atoms with E-state index in [0.717, 1.165) is 5.69 Å². The molecule has 6 heteroatoms. The summed E-state index contributed by atoms with van der Waals surface area (Å²) in [5, 5.41) is 19.9. The van der Waals surface area contributed by atoms with Gasteiger partial charge in [0.25, 0.3) is 0 Å². The van der Waals surface area contributed by atoms with Crippen LogP contribution in [-0.2, 0) is 4.79 Å². The minimum Gasteiger partial charge on any atom is -0.393 e. The number of hydrogen-bond acceptors (Lipinski definition) is 4. The molecule has 1 heterocycles. The van der Waals surface area contributed by atoms with E-state index in [2.05, 4.69) is 15.5 Å². The van der Waals surface area contributed by atoms with Crippen molar-refractivity contribution in [3.05, 3.63) is 36.7 Å². The van der Waals surface area contributed by atoms with Gasteiger partial charge in [-0.3, -0.25) is 4.79 Å². The first-order chi connectivity index (χ1) is 9.15. The predicted molar refractivity (Wildman–Crippen MR) is 70.9 cm³/mol. The van der Waals surface area contributed by atoms with Crippen LogP contribution in [0, 0.1) is 0 Å². The van der Waals surface area contributed by atoms with Crippen molar-refractivity contribution >= 4 is 11.6 Å². The molecule has 6 nitrogen and oxygen atoms in total. The highest BCUT2D eigenvalue weighted by molar-refractivity contribution is 5.90. The summed E-state index contributed by atoms with van der Waals surface area (Å²) in [6.07, 6.45) is 3.51. The number of amides is 1. The van der Waals surface area contributed by atoms with E-state index in [1.54, 1.807) is 31.5 Å². The lowest BCUT2D eigenvalue weighted by Crippen LogP contribution is -2.14. The fourth-order valence-electron chi connectivity index (χ4n) is 1.59. The van der Waals surface area contributed by atoms with Gasteiger partial charge in [-0.05, 0) is 37.6 Å². The Balaban J connectivity index is 1.94. The van der Waals surface area contributed by atoms with Crippen molar-refractivity contribution in [3.8, 4) is 5.69 Å². The van der Waals surface area contributed by atoms with Crippen LogP contribution < -0.4 is 5.32 Å². The first-order valence-corrected chi connectivity index (χ1v) is 6.10. The summed E-state index contributed by atoms with van der Waals surface area (Å²) in [7, 11) is 0. The van der Waals surface area contributed by atoms with Gasteiger partial charge in [0, 0.05) is 12.1 Å². The molecule has 19 heavy (non-hydrogen) atoms. The summed E-state index contributed by atoms with van der Waals surface area (Å²) in [6, 6.07) is 7.23. The second-order valence-electron chi connectivity index (χ2n) is 4.30. The van der Waals surface area contributed by atoms with Gasteiger partial charge in [-0.1, -0.05) is 0 Å². The van der Waals surface area contributed by atoms with E-state index in [1.165, 1.54) is 4.80 Å². The first kappa shape index (κ1) is 13.2. The normalized spacial score (nSPS) is 12.1. The quantitative estimate of drug-likeness (QED) is 0.850. The third kappa shape index (κ3) is 3.89. The number of benzene rings is 1. The van der Waals surface area contributed by atoms with Crippen molar-refractivity contribution in [2.45, 2.75) is 25.9 Å². The van der Waals surface area contributed by atoms with Gasteiger partial charge in [0.15, 0.2) is 0 Å². The number of aliphatic hydroxyl groups excluding tert-OH is 1. The average molecular weight is 260 g/mol. The molecule has 2 N–H and O–H groups in total. The lowest BCUT2D eigenvalue weighted by Gasteiger charge is -2.07. The van der Waals surface area contributed by atoms with Crippen molar-refractivity contribution in [2.24, 2.45) is 0 Å². The molecule has 2 rings (SSSR count). The van der Waals surface area contributed by atoms with Crippen molar-refractivity contribution in [2.75, 3.05) is 5.32 Å². The van der Waals surface area contributed by atoms with Crippen LogP contribution in [0.5, 0.6) is 0 Å². The highest BCUT2D eigenvalue weighted by Crippen LogP contribution is 2.12. The molecular formula is C13H16N4O2. The number of hydrogen-bond donors (Lipinski definition) is 2. The van der Waals surface area contributed by atoms with Crippen molar-refractivity contribution in [3.63, 3.8) is 0 Å². The minimum atomic E-state index is -0.459. The van der Waals surface area contributed by atoms with Gasteiger partial charge < -0.3 is 10.4 Å². The molecular weight excluding hydrogens is 244 g/mol. The highest BCUT2D eigenvalue weighted by atomic mass is 16.3. The number of nitrogens with one attached hydrogen (secondary N) is 1. The van der Waals surface area contributed by atoms with Gasteiger partial charge in [0.1, 0.15) is 0 Å². The Labute approximate surface area is 111 Å². The van der Waals surface area contributed by atoms with E-state index in [-0.39, 0.29) is 5.91 Å². The van der Waals surface area contributed by atoms with Crippen molar-refractivity contribution in [1.29, 1.82) is 0 Å². The second kappa shape index (κ2) is 6.10. The number of rotatable bonds is 5. The predicted octanol–water partition coefficient (Wildman–Crippen LogP) is 1.37. The monoisotopic (exact) mass is 260 g/mol. The van der Waals surface area contributed by atoms with Crippen LogP contribution in [0.1, 0.15) is 19.8 Å². The van der Waals surface area contributed by atoms with Crippen LogP contribution in [0.4, 0.5) is 5.69 Å². The molecule has 100 valence electrons. The van der Waals surface area contributed by atoms with Crippen LogP contribution >= 0.6 is 0 Å². The van der Waals surface area contributed by atoms with Gasteiger partial charge >= 0.3 is 0 Å². The smallest absolute Gasteiger partial charge is 0.224 e. The van der Waals surface area contributed by atoms with Gasteiger partial charge in [0.2, 0.25) is 5.91 Å². The molecule has 0 radical (unpaired) electrons. The second-order valence-corrected chi connectivity index (χ2v) is 4.30. The maximum atomic E-state index is 11.6. The molecule has 0 aliphatic rings. The van der Waals surface area contributed by atoms with Crippen LogP contribution in [0.3, 0.4) is 0 Å². The zero-order valence-corrected chi connectivity index (χ0v) is 10.7. The molecule has 0 spiro atoms. The summed E-state index contributed by atoms with van der Waals surface area (Å²) >= 11 is 0. The standard InChI is InChI=1S/C13H16N4O2/c1-10(18)2-7-13(19)16-11-3-5-12(6-4-11)17-14-8-9-15-17/h3-6,8-10,18H,2,7H2,1H3,(H,16,19). The summed E-state index contributed by atoms with van der Waals surface area (Å²) < 4.78 is 0. The zero-order chi connectivity index (χ0) is 13.7. The molecule has 0 aliphatic heterocycles. The lowest BCUT2D eigenvalue weighted by atomic mass is 10.2. The summed E-state index contributed by atoms with van der Waals surface area (Å²) in [6.45, 7) is 1.67. The van der Waals surface area contributed by atoms with Crippen molar-refractivity contribution < 1.29 is 9.90 Å². The topological polar surface area (TPSA) is 80.0 Å². The molecule has 1 amide bonds. The fraction of sp³-hybridized carbons (Fsp3) is 0.308. The van der Waals surface area contributed by atoms with Gasteiger partial charge in [-0.2, -0.15) is 15.0 Å². The number of nitrogens with zero attached hydrogens (tertiary/aromatic N) is 3. The molecule has 0 saturated heterocycles. The number of carbonyl (C=O) groups is 1. The molecule has 1 aromatic carbocycles. The van der Waals surface area contributed by atoms with E-state index in [9.17, 15) is 4.79 Å². The Hall–Kier alpha value is -2.21. The number of aliphatic hydroxyl groups is 1. The first-order valence-electron chi connectivity index (χ1n) is 6.10. The van der Waals surface area contributed by atoms with Crippen LogP contribution in [0.15, 0.2) is 36.7 Å². The molecule has 0 fully saturated rings. The summed E-state index contributed by atoms with van der Waals surface area (Å²) in [5.74, 6) is -0.106. The molecule has 1 aromatic heterocycles. The van der Waals surface area contributed by atoms with E-state index in [4.69, 9.17) is 5.11 Å². The molecule has 2 aromatic rings. The molecule has 1 unspecified atom stereocenters. The number of carbonyl (C=O) groups excluding carboxylic acids is 1. The third-order valence-corrected chi connectivity index (χ3v) is 2.59. The van der Waals surface area contributed by atoms with E-state index >= 15 is 0 Å². The van der Waals surface area contributed by atoms with Crippen LogP contribution in [0.2, 0.25) is 0 Å². The SMILES string of the molecule is CC(O)CCC(=O)Nc1ccc(-n2nccn2)cc1. The molecule has 0 saturated carbocycles. The van der Waals surface area contributed by atoms with E-state index < -0.39 is 6.10 Å². The maximum Gasteiger partial charge on any atom is 0.224 e. The lowest BCUT2D eigenvalue weighted by molar-refractivity contribution is -0.116. The average Bonchev–Trinajstić information content (AvgIpc) is 2.91. The Bertz CT molecular complexity index is 520. The Kier molecular flexibility index (Phi) is 4.25.